The monoisotopic (exact) mass is 211 g/mol. The Hall–Kier alpha value is -0.730. The molecule has 1 heterocycles. The first kappa shape index (κ1) is 9.81. The third-order valence-corrected chi connectivity index (χ3v) is 2.98. The number of aromatic hydroxyl groups is 1. The van der Waals surface area contributed by atoms with Gasteiger partial charge in [-0.25, -0.2) is 0 Å². The molecule has 0 saturated carbocycles. The normalized spacial score (nSPS) is 17.5. The molecule has 0 amide bonds. The van der Waals surface area contributed by atoms with Gasteiger partial charge in [0.1, 0.15) is 5.75 Å². The van der Waals surface area contributed by atoms with Crippen LogP contribution < -0.4 is 0 Å². The van der Waals surface area contributed by atoms with Gasteiger partial charge in [-0.15, -0.1) is 0 Å². The van der Waals surface area contributed by atoms with Crippen LogP contribution in [0.3, 0.4) is 0 Å². The smallest absolute Gasteiger partial charge is 0.117 e. The van der Waals surface area contributed by atoms with Crippen molar-refractivity contribution in [3.8, 4) is 5.75 Å². The molecular weight excluding hydrogens is 198 g/mol. The second-order valence-electron chi connectivity index (χ2n) is 3.76. The lowest BCUT2D eigenvalue weighted by atomic mass is 10.2. The molecule has 1 saturated heterocycles. The summed E-state index contributed by atoms with van der Waals surface area (Å²) in [4.78, 5) is 2.39. The van der Waals surface area contributed by atoms with Crippen molar-refractivity contribution < 1.29 is 5.11 Å². The second kappa shape index (κ2) is 4.20. The highest BCUT2D eigenvalue weighted by Crippen LogP contribution is 2.23. The maximum Gasteiger partial charge on any atom is 0.117 e. The van der Waals surface area contributed by atoms with Crippen LogP contribution in [0.15, 0.2) is 18.2 Å². The van der Waals surface area contributed by atoms with Gasteiger partial charge in [0.15, 0.2) is 0 Å². The van der Waals surface area contributed by atoms with Crippen LogP contribution in [0.1, 0.15) is 18.4 Å². The lowest BCUT2D eigenvalue weighted by Gasteiger charge is -2.15. The fraction of sp³-hybridized carbons (Fsp3) is 0.455. The molecule has 1 aliphatic rings. The summed E-state index contributed by atoms with van der Waals surface area (Å²) in [6.07, 6.45) is 2.57. The Labute approximate surface area is 89.1 Å². The molecule has 0 radical (unpaired) electrons. The van der Waals surface area contributed by atoms with Crippen molar-refractivity contribution in [1.29, 1.82) is 0 Å². The maximum atomic E-state index is 9.20. The van der Waals surface area contributed by atoms with E-state index in [1.165, 1.54) is 12.8 Å². The van der Waals surface area contributed by atoms with Crippen LogP contribution in [0.5, 0.6) is 5.75 Å². The Kier molecular flexibility index (Phi) is 2.94. The average molecular weight is 212 g/mol. The summed E-state index contributed by atoms with van der Waals surface area (Å²) in [6.45, 7) is 3.23. The van der Waals surface area contributed by atoms with Crippen LogP contribution in [0.2, 0.25) is 5.02 Å². The third kappa shape index (κ3) is 2.20. The van der Waals surface area contributed by atoms with E-state index in [-0.39, 0.29) is 5.75 Å². The molecule has 1 N–H and O–H groups in total. The van der Waals surface area contributed by atoms with E-state index in [2.05, 4.69) is 4.90 Å². The minimum atomic E-state index is 0.236. The molecule has 0 aromatic heterocycles. The summed E-state index contributed by atoms with van der Waals surface area (Å²) in [6, 6.07) is 5.19. The van der Waals surface area contributed by atoms with E-state index < -0.39 is 0 Å². The quantitative estimate of drug-likeness (QED) is 0.813. The summed E-state index contributed by atoms with van der Waals surface area (Å²) in [5, 5.41) is 9.86. The number of halogens is 1. The minimum Gasteiger partial charge on any atom is -0.508 e. The summed E-state index contributed by atoms with van der Waals surface area (Å²) in [5.74, 6) is 0.236. The van der Waals surface area contributed by atoms with Crippen LogP contribution in [-0.2, 0) is 6.54 Å². The van der Waals surface area contributed by atoms with Crippen molar-refractivity contribution in [2.24, 2.45) is 0 Å². The molecule has 76 valence electrons. The molecule has 0 spiro atoms. The van der Waals surface area contributed by atoms with E-state index in [0.29, 0.717) is 5.02 Å². The zero-order chi connectivity index (χ0) is 9.97. The topological polar surface area (TPSA) is 23.5 Å². The molecule has 0 bridgehead atoms. The van der Waals surface area contributed by atoms with Crippen molar-refractivity contribution in [3.63, 3.8) is 0 Å². The predicted octanol–water partition coefficient (Wildman–Crippen LogP) is 2.64. The lowest BCUT2D eigenvalue weighted by Crippen LogP contribution is -2.18. The highest BCUT2D eigenvalue weighted by atomic mass is 35.5. The Morgan fingerprint density at radius 2 is 2.00 bits per heavy atom. The third-order valence-electron chi connectivity index (χ3n) is 2.63. The highest BCUT2D eigenvalue weighted by Gasteiger charge is 2.13. The molecule has 14 heavy (non-hydrogen) atoms. The zero-order valence-corrected chi connectivity index (χ0v) is 8.80. The molecule has 0 aliphatic carbocycles. The number of phenolic OH excluding ortho intramolecular Hbond substituents is 1. The SMILES string of the molecule is Oc1ccc(CN2CCCC2)c(Cl)c1. The number of hydrogen-bond acceptors (Lipinski definition) is 2. The summed E-state index contributed by atoms with van der Waals surface area (Å²) >= 11 is 6.02. The Morgan fingerprint density at radius 1 is 1.29 bits per heavy atom. The Balaban J connectivity index is 2.08. The fourth-order valence-electron chi connectivity index (χ4n) is 1.85. The van der Waals surface area contributed by atoms with E-state index in [0.717, 1.165) is 25.2 Å². The van der Waals surface area contributed by atoms with Crippen LogP contribution in [0.25, 0.3) is 0 Å². The average Bonchev–Trinajstić information content (AvgIpc) is 2.62. The first-order chi connectivity index (χ1) is 6.75. The number of rotatable bonds is 2. The van der Waals surface area contributed by atoms with Crippen LogP contribution >= 0.6 is 11.6 Å². The molecule has 0 atom stereocenters. The van der Waals surface area contributed by atoms with Crippen molar-refractivity contribution in [1.82, 2.24) is 4.90 Å². The van der Waals surface area contributed by atoms with Gasteiger partial charge in [-0.3, -0.25) is 4.90 Å². The number of benzene rings is 1. The van der Waals surface area contributed by atoms with Crippen LogP contribution in [0.4, 0.5) is 0 Å². The Morgan fingerprint density at radius 3 is 2.64 bits per heavy atom. The second-order valence-corrected chi connectivity index (χ2v) is 4.17. The number of nitrogens with zero attached hydrogens (tertiary/aromatic N) is 1. The van der Waals surface area contributed by atoms with Gasteiger partial charge < -0.3 is 5.11 Å². The van der Waals surface area contributed by atoms with E-state index in [9.17, 15) is 5.11 Å². The maximum absolute atomic E-state index is 9.20. The summed E-state index contributed by atoms with van der Waals surface area (Å²) < 4.78 is 0. The summed E-state index contributed by atoms with van der Waals surface area (Å²) in [5.41, 5.74) is 1.10. The highest BCUT2D eigenvalue weighted by molar-refractivity contribution is 6.31. The van der Waals surface area contributed by atoms with Gasteiger partial charge in [0.05, 0.1) is 0 Å². The van der Waals surface area contributed by atoms with Crippen molar-refractivity contribution in [3.05, 3.63) is 28.8 Å². The lowest BCUT2D eigenvalue weighted by molar-refractivity contribution is 0.331. The van der Waals surface area contributed by atoms with Crippen molar-refractivity contribution in [2.75, 3.05) is 13.1 Å². The van der Waals surface area contributed by atoms with Gasteiger partial charge in [0.25, 0.3) is 0 Å². The van der Waals surface area contributed by atoms with Crippen LogP contribution in [0, 0.1) is 0 Å². The van der Waals surface area contributed by atoms with Gasteiger partial charge in [0.2, 0.25) is 0 Å². The number of phenols is 1. The molecule has 1 aromatic rings. The van der Waals surface area contributed by atoms with Crippen molar-refractivity contribution in [2.45, 2.75) is 19.4 Å². The first-order valence-electron chi connectivity index (χ1n) is 4.95. The molecule has 3 heteroatoms. The first-order valence-corrected chi connectivity index (χ1v) is 5.33. The van der Waals surface area contributed by atoms with Gasteiger partial charge in [-0.05, 0) is 43.6 Å². The molecule has 1 aromatic carbocycles. The molecule has 2 nitrogen and oxygen atoms in total. The number of hydrogen-bond donors (Lipinski definition) is 1. The molecule has 0 unspecified atom stereocenters. The predicted molar refractivity (Wildman–Crippen MR) is 57.6 cm³/mol. The standard InChI is InChI=1S/C11H14ClNO/c12-11-7-10(14)4-3-9(11)8-13-5-1-2-6-13/h3-4,7,14H,1-2,5-6,8H2. The molecule has 1 fully saturated rings. The van der Waals surface area contributed by atoms with Crippen LogP contribution in [-0.4, -0.2) is 23.1 Å². The Bertz CT molecular complexity index is 321. The van der Waals surface area contributed by atoms with Crippen molar-refractivity contribution >= 4 is 11.6 Å². The van der Waals surface area contributed by atoms with Gasteiger partial charge in [0, 0.05) is 11.6 Å². The van der Waals surface area contributed by atoms with E-state index >= 15 is 0 Å². The van der Waals surface area contributed by atoms with Gasteiger partial charge >= 0.3 is 0 Å². The number of likely N-dealkylation sites (tertiary alicyclic amines) is 1. The van der Waals surface area contributed by atoms with E-state index in [4.69, 9.17) is 11.6 Å². The molecule has 2 rings (SSSR count). The minimum absolute atomic E-state index is 0.236. The van der Waals surface area contributed by atoms with E-state index in [1.54, 1.807) is 12.1 Å². The zero-order valence-electron chi connectivity index (χ0n) is 8.04. The van der Waals surface area contributed by atoms with E-state index in [1.807, 2.05) is 6.07 Å². The largest absolute Gasteiger partial charge is 0.508 e. The summed E-state index contributed by atoms with van der Waals surface area (Å²) in [7, 11) is 0. The van der Waals surface area contributed by atoms with Gasteiger partial charge in [-0.1, -0.05) is 17.7 Å². The van der Waals surface area contributed by atoms with Gasteiger partial charge in [-0.2, -0.15) is 0 Å². The molecule has 1 aliphatic heterocycles. The molecular formula is C11H14ClNO. The fourth-order valence-corrected chi connectivity index (χ4v) is 2.08.